The van der Waals surface area contributed by atoms with Gasteiger partial charge in [0, 0.05) is 36.6 Å². The van der Waals surface area contributed by atoms with Crippen molar-refractivity contribution in [3.8, 4) is 11.5 Å². The fourth-order valence-electron chi connectivity index (χ4n) is 3.01. The number of aromatic nitrogens is 2. The van der Waals surface area contributed by atoms with Crippen LogP contribution < -0.4 is 4.90 Å². The van der Waals surface area contributed by atoms with E-state index in [0.717, 1.165) is 41.1 Å². The van der Waals surface area contributed by atoms with E-state index in [-0.39, 0.29) is 0 Å². The summed E-state index contributed by atoms with van der Waals surface area (Å²) in [6.07, 6.45) is 3.38. The van der Waals surface area contributed by atoms with E-state index in [1.165, 1.54) is 5.69 Å². The molecule has 0 saturated heterocycles. The Morgan fingerprint density at radius 3 is 2.11 bits per heavy atom. The summed E-state index contributed by atoms with van der Waals surface area (Å²) in [6.45, 7) is 6.28. The molecule has 0 bridgehead atoms. The number of hydrogen-bond donors (Lipinski definition) is 0. The number of anilines is 1. The number of nitrogens with zero attached hydrogens (tertiary/aromatic N) is 5. The van der Waals surface area contributed by atoms with Crippen molar-refractivity contribution in [3.05, 3.63) is 67.0 Å². The average molecular weight is 371 g/mol. The van der Waals surface area contributed by atoms with Crippen molar-refractivity contribution in [2.45, 2.75) is 13.8 Å². The first-order chi connectivity index (χ1) is 13.8. The molecule has 2 aromatic heterocycles. The third-order valence-electron chi connectivity index (χ3n) is 4.56. The highest BCUT2D eigenvalue weighted by atomic mass is 16.3. The molecule has 0 atom stereocenters. The van der Waals surface area contributed by atoms with Crippen molar-refractivity contribution in [1.82, 2.24) is 9.97 Å². The van der Waals surface area contributed by atoms with Gasteiger partial charge in [-0.05, 0) is 62.4 Å². The Hall–Kier alpha value is -3.54. The van der Waals surface area contributed by atoms with Crippen molar-refractivity contribution < 1.29 is 4.42 Å². The summed E-state index contributed by atoms with van der Waals surface area (Å²) in [4.78, 5) is 10.8. The molecule has 0 aliphatic carbocycles. The lowest BCUT2D eigenvalue weighted by molar-refractivity contribution is 0.619. The Morgan fingerprint density at radius 2 is 1.50 bits per heavy atom. The van der Waals surface area contributed by atoms with E-state index in [1.807, 2.05) is 36.4 Å². The topological polar surface area (TPSA) is 66.9 Å². The van der Waals surface area contributed by atoms with Gasteiger partial charge in [0.25, 0.3) is 0 Å². The molecule has 0 N–H and O–H groups in total. The first-order valence-electron chi connectivity index (χ1n) is 9.34. The van der Waals surface area contributed by atoms with Crippen LogP contribution in [0, 0.1) is 0 Å². The summed E-state index contributed by atoms with van der Waals surface area (Å²) >= 11 is 0. The second-order valence-corrected chi connectivity index (χ2v) is 6.30. The molecule has 0 fully saturated rings. The molecule has 6 nitrogen and oxygen atoms in total. The van der Waals surface area contributed by atoms with Crippen LogP contribution in [0.5, 0.6) is 0 Å². The molecule has 2 heterocycles. The van der Waals surface area contributed by atoms with Crippen LogP contribution in [-0.4, -0.2) is 23.1 Å². The third kappa shape index (κ3) is 3.76. The Kier molecular flexibility index (Phi) is 5.10. The highest BCUT2D eigenvalue weighted by Gasteiger charge is 2.07. The molecule has 28 heavy (non-hydrogen) atoms. The minimum absolute atomic E-state index is 0.568. The fraction of sp³-hybridized carbons (Fsp3) is 0.182. The number of pyridine rings is 1. The highest BCUT2D eigenvalue weighted by Crippen LogP contribution is 2.27. The third-order valence-corrected chi connectivity index (χ3v) is 4.56. The molecular weight excluding hydrogens is 350 g/mol. The first kappa shape index (κ1) is 17.9. The standard InChI is InChI=1S/C22H21N5O/c1-3-27(4-2)19-11-9-18(10-12-19)26-25-17-7-5-16(6-8-17)22-24-20-15-23-14-13-21(20)28-22/h5-15H,3-4H2,1-2H3. The van der Waals surface area contributed by atoms with Crippen LogP contribution in [0.15, 0.2) is 81.6 Å². The van der Waals surface area contributed by atoms with Crippen molar-refractivity contribution in [2.24, 2.45) is 10.2 Å². The lowest BCUT2D eigenvalue weighted by Crippen LogP contribution is -2.21. The molecule has 0 unspecified atom stereocenters. The summed E-state index contributed by atoms with van der Waals surface area (Å²) in [6, 6.07) is 17.6. The number of azo groups is 1. The lowest BCUT2D eigenvalue weighted by Gasteiger charge is -2.20. The molecule has 6 heteroatoms. The summed E-state index contributed by atoms with van der Waals surface area (Å²) < 4.78 is 5.76. The van der Waals surface area contributed by atoms with Gasteiger partial charge in [-0.1, -0.05) is 0 Å². The quantitative estimate of drug-likeness (QED) is 0.381. The maximum absolute atomic E-state index is 5.76. The molecule has 0 saturated carbocycles. The number of fused-ring (bicyclic) bond motifs is 1. The molecular formula is C22H21N5O. The SMILES string of the molecule is CCN(CC)c1ccc(N=Nc2ccc(-c3nc4cnccc4o3)cc2)cc1. The van der Waals surface area contributed by atoms with E-state index in [2.05, 4.69) is 51.1 Å². The zero-order valence-electron chi connectivity index (χ0n) is 15.9. The summed E-state index contributed by atoms with van der Waals surface area (Å²) in [7, 11) is 0. The van der Waals surface area contributed by atoms with Crippen LogP contribution in [0.4, 0.5) is 17.1 Å². The van der Waals surface area contributed by atoms with Crippen molar-refractivity contribution in [2.75, 3.05) is 18.0 Å². The highest BCUT2D eigenvalue weighted by molar-refractivity contribution is 5.75. The fourth-order valence-corrected chi connectivity index (χ4v) is 3.01. The van der Waals surface area contributed by atoms with E-state index < -0.39 is 0 Å². The number of benzene rings is 2. The number of rotatable bonds is 6. The second kappa shape index (κ2) is 8.00. The Labute approximate surface area is 163 Å². The zero-order valence-corrected chi connectivity index (χ0v) is 15.9. The van der Waals surface area contributed by atoms with Crippen molar-refractivity contribution >= 4 is 28.2 Å². The minimum atomic E-state index is 0.568. The molecule has 4 rings (SSSR count). The molecule has 0 radical (unpaired) electrons. The number of hydrogen-bond acceptors (Lipinski definition) is 6. The summed E-state index contributed by atoms with van der Waals surface area (Å²) in [5.41, 5.74) is 5.15. The maximum atomic E-state index is 5.76. The second-order valence-electron chi connectivity index (χ2n) is 6.30. The predicted octanol–water partition coefficient (Wildman–Crippen LogP) is 6.15. The monoisotopic (exact) mass is 371 g/mol. The summed E-state index contributed by atoms with van der Waals surface area (Å²) in [5.74, 6) is 0.568. The summed E-state index contributed by atoms with van der Waals surface area (Å²) in [5, 5.41) is 8.64. The van der Waals surface area contributed by atoms with Crippen LogP contribution in [0.3, 0.4) is 0 Å². The van der Waals surface area contributed by atoms with Gasteiger partial charge in [-0.25, -0.2) is 4.98 Å². The van der Waals surface area contributed by atoms with Crippen molar-refractivity contribution in [3.63, 3.8) is 0 Å². The molecule has 2 aromatic carbocycles. The van der Waals surface area contributed by atoms with Crippen LogP contribution in [0.1, 0.15) is 13.8 Å². The van der Waals surface area contributed by atoms with Crippen molar-refractivity contribution in [1.29, 1.82) is 0 Å². The van der Waals surface area contributed by atoms with Gasteiger partial charge in [-0.3, -0.25) is 4.98 Å². The van der Waals surface area contributed by atoms with Crippen LogP contribution in [0.25, 0.3) is 22.6 Å². The van der Waals surface area contributed by atoms with Gasteiger partial charge < -0.3 is 9.32 Å². The van der Waals surface area contributed by atoms with Gasteiger partial charge in [-0.2, -0.15) is 10.2 Å². The molecule has 0 aliphatic heterocycles. The van der Waals surface area contributed by atoms with E-state index in [9.17, 15) is 0 Å². The molecule has 4 aromatic rings. The van der Waals surface area contributed by atoms with Gasteiger partial charge in [0.05, 0.1) is 17.6 Å². The Bertz CT molecular complexity index is 1050. The maximum Gasteiger partial charge on any atom is 0.227 e. The zero-order chi connectivity index (χ0) is 19.3. The Balaban J connectivity index is 1.48. The van der Waals surface area contributed by atoms with E-state index in [4.69, 9.17) is 4.42 Å². The van der Waals surface area contributed by atoms with Crippen LogP contribution in [-0.2, 0) is 0 Å². The predicted molar refractivity (Wildman–Crippen MR) is 111 cm³/mol. The van der Waals surface area contributed by atoms with Crippen LogP contribution in [0.2, 0.25) is 0 Å². The lowest BCUT2D eigenvalue weighted by atomic mass is 10.2. The van der Waals surface area contributed by atoms with E-state index in [1.54, 1.807) is 18.5 Å². The average Bonchev–Trinajstić information content (AvgIpc) is 3.19. The van der Waals surface area contributed by atoms with E-state index >= 15 is 0 Å². The Morgan fingerprint density at radius 1 is 0.857 bits per heavy atom. The first-order valence-corrected chi connectivity index (χ1v) is 9.34. The molecule has 0 aliphatic rings. The van der Waals surface area contributed by atoms with Gasteiger partial charge in [0.15, 0.2) is 5.58 Å². The molecule has 0 amide bonds. The molecule has 140 valence electrons. The van der Waals surface area contributed by atoms with E-state index in [0.29, 0.717) is 5.89 Å². The van der Waals surface area contributed by atoms with Crippen LogP contribution >= 0.6 is 0 Å². The largest absolute Gasteiger partial charge is 0.436 e. The number of oxazole rings is 1. The minimum Gasteiger partial charge on any atom is -0.436 e. The van der Waals surface area contributed by atoms with Gasteiger partial charge in [0.2, 0.25) is 5.89 Å². The normalized spacial score (nSPS) is 11.4. The molecule has 0 spiro atoms. The van der Waals surface area contributed by atoms with Gasteiger partial charge >= 0.3 is 0 Å². The smallest absolute Gasteiger partial charge is 0.227 e. The van der Waals surface area contributed by atoms with Gasteiger partial charge in [-0.15, -0.1) is 0 Å². The van der Waals surface area contributed by atoms with Gasteiger partial charge in [0.1, 0.15) is 5.52 Å².